The van der Waals surface area contributed by atoms with Crippen LogP contribution in [0.4, 0.5) is 0 Å². The molecule has 4 aromatic rings. The number of halogens is 1. The van der Waals surface area contributed by atoms with Crippen LogP contribution in [0.5, 0.6) is 0 Å². The molecule has 0 radical (unpaired) electrons. The lowest BCUT2D eigenvalue weighted by Crippen LogP contribution is -2.20. The second kappa shape index (κ2) is 11.0. The molecule has 178 valence electrons. The molecule has 1 aromatic heterocycles. The minimum Gasteiger partial charge on any atom is -0.272 e. The lowest BCUT2D eigenvalue weighted by atomic mass is 9.87. The van der Waals surface area contributed by atoms with Crippen LogP contribution in [0.2, 0.25) is 0 Å². The predicted octanol–water partition coefficient (Wildman–Crippen LogP) is 6.24. The highest BCUT2D eigenvalue weighted by molar-refractivity contribution is 9.10. The van der Waals surface area contributed by atoms with Gasteiger partial charge in [0.15, 0.2) is 11.0 Å². The first kappa shape index (κ1) is 24.9. The summed E-state index contributed by atoms with van der Waals surface area (Å²) in [6, 6.07) is 26.0. The van der Waals surface area contributed by atoms with E-state index < -0.39 is 0 Å². The van der Waals surface area contributed by atoms with Crippen molar-refractivity contribution >= 4 is 39.8 Å². The second-order valence-electron chi connectivity index (χ2n) is 8.94. The standard InChI is InChI=1S/C27H26BrN5OS/c1-27(2,3)21-14-12-20(13-15-21)25-31-32-26(33(25)23-10-5-4-6-11-23)35-18-24(34)30-29-17-19-8-7-9-22(28)16-19/h4-17H,18H2,1-3H3,(H,30,34)/b29-17-. The molecule has 0 saturated carbocycles. The molecule has 0 unspecified atom stereocenters. The first-order valence-electron chi connectivity index (χ1n) is 11.1. The summed E-state index contributed by atoms with van der Waals surface area (Å²) in [5, 5.41) is 13.6. The number of hydrazone groups is 1. The van der Waals surface area contributed by atoms with Gasteiger partial charge in [0.05, 0.1) is 12.0 Å². The molecule has 0 aliphatic carbocycles. The molecule has 0 aliphatic heterocycles. The van der Waals surface area contributed by atoms with Crippen molar-refractivity contribution in [2.75, 3.05) is 5.75 Å². The monoisotopic (exact) mass is 547 g/mol. The van der Waals surface area contributed by atoms with Gasteiger partial charge in [-0.05, 0) is 40.8 Å². The van der Waals surface area contributed by atoms with E-state index in [4.69, 9.17) is 0 Å². The molecule has 0 saturated heterocycles. The van der Waals surface area contributed by atoms with Gasteiger partial charge in [0, 0.05) is 15.7 Å². The van der Waals surface area contributed by atoms with E-state index in [9.17, 15) is 4.79 Å². The molecule has 35 heavy (non-hydrogen) atoms. The third-order valence-corrected chi connectivity index (χ3v) is 6.66. The summed E-state index contributed by atoms with van der Waals surface area (Å²) in [4.78, 5) is 12.4. The average molecular weight is 549 g/mol. The summed E-state index contributed by atoms with van der Waals surface area (Å²) in [5.41, 5.74) is 6.68. The fraction of sp³-hybridized carbons (Fsp3) is 0.185. The first-order chi connectivity index (χ1) is 16.8. The van der Waals surface area contributed by atoms with Crippen LogP contribution in [0.1, 0.15) is 31.9 Å². The summed E-state index contributed by atoms with van der Waals surface area (Å²) in [7, 11) is 0. The van der Waals surface area contributed by atoms with Crippen LogP contribution in [-0.2, 0) is 10.2 Å². The number of nitrogens with one attached hydrogen (secondary N) is 1. The van der Waals surface area contributed by atoms with Gasteiger partial charge in [0.25, 0.3) is 5.91 Å². The summed E-state index contributed by atoms with van der Waals surface area (Å²) >= 11 is 4.74. The van der Waals surface area contributed by atoms with Crippen molar-refractivity contribution in [1.29, 1.82) is 0 Å². The maximum Gasteiger partial charge on any atom is 0.250 e. The van der Waals surface area contributed by atoms with Crippen molar-refractivity contribution in [2.24, 2.45) is 5.10 Å². The van der Waals surface area contributed by atoms with E-state index in [2.05, 4.69) is 81.7 Å². The molecule has 4 rings (SSSR count). The van der Waals surface area contributed by atoms with Crippen LogP contribution in [0, 0.1) is 0 Å². The smallest absolute Gasteiger partial charge is 0.250 e. The molecule has 6 nitrogen and oxygen atoms in total. The molecule has 1 amide bonds. The molecule has 0 aliphatic rings. The summed E-state index contributed by atoms with van der Waals surface area (Å²) < 4.78 is 2.93. The van der Waals surface area contributed by atoms with Crippen molar-refractivity contribution in [3.8, 4) is 17.1 Å². The van der Waals surface area contributed by atoms with Crippen LogP contribution in [0.15, 0.2) is 93.6 Å². The van der Waals surface area contributed by atoms with Crippen molar-refractivity contribution in [3.05, 3.63) is 94.5 Å². The van der Waals surface area contributed by atoms with Gasteiger partial charge in [0.1, 0.15) is 0 Å². The summed E-state index contributed by atoms with van der Waals surface area (Å²) in [6.07, 6.45) is 1.61. The normalized spacial score (nSPS) is 11.7. The molecular weight excluding hydrogens is 522 g/mol. The van der Waals surface area contributed by atoms with E-state index in [0.717, 1.165) is 27.1 Å². The number of nitrogens with zero attached hydrogens (tertiary/aromatic N) is 4. The molecule has 0 atom stereocenters. The number of aromatic nitrogens is 3. The van der Waals surface area contributed by atoms with E-state index in [1.807, 2.05) is 59.2 Å². The number of thioether (sulfide) groups is 1. The van der Waals surface area contributed by atoms with Crippen LogP contribution in [0.25, 0.3) is 17.1 Å². The van der Waals surface area contributed by atoms with E-state index in [1.54, 1.807) is 6.21 Å². The number of hydrogen-bond acceptors (Lipinski definition) is 5. The Morgan fingerprint density at radius 2 is 1.77 bits per heavy atom. The summed E-state index contributed by atoms with van der Waals surface area (Å²) in [6.45, 7) is 6.57. The van der Waals surface area contributed by atoms with Crippen LogP contribution < -0.4 is 5.43 Å². The highest BCUT2D eigenvalue weighted by Gasteiger charge is 2.19. The van der Waals surface area contributed by atoms with Crippen LogP contribution >= 0.6 is 27.7 Å². The molecule has 0 bridgehead atoms. The van der Waals surface area contributed by atoms with Gasteiger partial charge in [-0.15, -0.1) is 10.2 Å². The Bertz CT molecular complexity index is 1330. The number of amides is 1. The van der Waals surface area contributed by atoms with Crippen molar-refractivity contribution in [1.82, 2.24) is 20.2 Å². The van der Waals surface area contributed by atoms with Gasteiger partial charge in [-0.25, -0.2) is 5.43 Å². The molecule has 0 spiro atoms. The van der Waals surface area contributed by atoms with Crippen LogP contribution in [0.3, 0.4) is 0 Å². The van der Waals surface area contributed by atoms with Gasteiger partial charge in [0.2, 0.25) is 0 Å². The van der Waals surface area contributed by atoms with E-state index in [1.165, 1.54) is 17.3 Å². The Hall–Kier alpha value is -3.23. The third-order valence-electron chi connectivity index (χ3n) is 5.24. The number of benzene rings is 3. The molecule has 1 N–H and O–H groups in total. The lowest BCUT2D eigenvalue weighted by molar-refractivity contribution is -0.118. The van der Waals surface area contributed by atoms with E-state index in [-0.39, 0.29) is 17.1 Å². The Morgan fingerprint density at radius 1 is 1.03 bits per heavy atom. The predicted molar refractivity (Wildman–Crippen MR) is 146 cm³/mol. The SMILES string of the molecule is CC(C)(C)c1ccc(-c2nnc(SCC(=O)N/N=C\c3cccc(Br)c3)n2-c2ccccc2)cc1. The highest BCUT2D eigenvalue weighted by Crippen LogP contribution is 2.30. The Kier molecular flexibility index (Phi) is 7.83. The molecular formula is C27H26BrN5OS. The fourth-order valence-electron chi connectivity index (χ4n) is 3.41. The Labute approximate surface area is 218 Å². The number of carbonyl (C=O) groups is 1. The molecule has 8 heteroatoms. The zero-order valence-corrected chi connectivity index (χ0v) is 22.2. The van der Waals surface area contributed by atoms with Crippen molar-refractivity contribution in [3.63, 3.8) is 0 Å². The van der Waals surface area contributed by atoms with Gasteiger partial charge >= 0.3 is 0 Å². The maximum absolute atomic E-state index is 12.4. The lowest BCUT2D eigenvalue weighted by Gasteiger charge is -2.19. The van der Waals surface area contributed by atoms with Crippen molar-refractivity contribution in [2.45, 2.75) is 31.3 Å². The molecule has 0 fully saturated rings. The second-order valence-corrected chi connectivity index (χ2v) is 10.8. The molecule has 1 heterocycles. The van der Waals surface area contributed by atoms with Gasteiger partial charge in [-0.1, -0.05) is 103 Å². The topological polar surface area (TPSA) is 72.2 Å². The van der Waals surface area contributed by atoms with Gasteiger partial charge < -0.3 is 0 Å². The fourth-order valence-corrected chi connectivity index (χ4v) is 4.57. The average Bonchev–Trinajstić information content (AvgIpc) is 3.27. The van der Waals surface area contributed by atoms with Gasteiger partial charge in [-0.2, -0.15) is 5.10 Å². The maximum atomic E-state index is 12.4. The minimum absolute atomic E-state index is 0.0689. The van der Waals surface area contributed by atoms with Crippen molar-refractivity contribution < 1.29 is 4.79 Å². The zero-order chi connectivity index (χ0) is 24.8. The van der Waals surface area contributed by atoms with E-state index >= 15 is 0 Å². The summed E-state index contributed by atoms with van der Waals surface area (Å²) in [5.74, 6) is 0.663. The third kappa shape index (κ3) is 6.46. The minimum atomic E-state index is -0.222. The number of para-hydroxylation sites is 1. The number of rotatable bonds is 7. The quantitative estimate of drug-likeness (QED) is 0.169. The number of hydrogen-bond donors (Lipinski definition) is 1. The Balaban J connectivity index is 1.52. The number of carbonyl (C=O) groups excluding carboxylic acids is 1. The highest BCUT2D eigenvalue weighted by atomic mass is 79.9. The largest absolute Gasteiger partial charge is 0.272 e. The van der Waals surface area contributed by atoms with E-state index in [0.29, 0.717) is 5.16 Å². The molecule has 3 aromatic carbocycles. The first-order valence-corrected chi connectivity index (χ1v) is 12.9. The Morgan fingerprint density at radius 3 is 2.46 bits per heavy atom. The zero-order valence-electron chi connectivity index (χ0n) is 19.8. The van der Waals surface area contributed by atoms with Gasteiger partial charge in [-0.3, -0.25) is 9.36 Å². The van der Waals surface area contributed by atoms with Crippen LogP contribution in [-0.4, -0.2) is 32.6 Å².